The van der Waals surface area contributed by atoms with Crippen LogP contribution in [0.5, 0.6) is 0 Å². The van der Waals surface area contributed by atoms with E-state index >= 15 is 0 Å². The molecule has 3 nitrogen and oxygen atoms in total. The van der Waals surface area contributed by atoms with Gasteiger partial charge in [-0.25, -0.2) is 0 Å². The summed E-state index contributed by atoms with van der Waals surface area (Å²) in [6.45, 7) is 7.58. The first-order valence-electron chi connectivity index (χ1n) is 4.53. The normalized spacial score (nSPS) is 13.5. The van der Waals surface area contributed by atoms with Gasteiger partial charge in [0.1, 0.15) is 0 Å². The molecule has 0 fully saturated rings. The summed E-state index contributed by atoms with van der Waals surface area (Å²) in [5.41, 5.74) is 1.55. The van der Waals surface area contributed by atoms with Crippen molar-refractivity contribution in [3.63, 3.8) is 0 Å². The van der Waals surface area contributed by atoms with Crippen molar-refractivity contribution in [3.05, 3.63) is 42.0 Å². The smallest absolute Gasteiger partial charge is 0.281 e. The Balaban J connectivity index is 0.000000461. The Morgan fingerprint density at radius 2 is 1.71 bits per heavy atom. The summed E-state index contributed by atoms with van der Waals surface area (Å²) >= 11 is 0. The van der Waals surface area contributed by atoms with Crippen molar-refractivity contribution in [2.45, 2.75) is 13.8 Å². The summed E-state index contributed by atoms with van der Waals surface area (Å²) in [7, 11) is 0. The van der Waals surface area contributed by atoms with E-state index in [2.05, 4.69) is 6.58 Å². The summed E-state index contributed by atoms with van der Waals surface area (Å²) in [5.74, 6) is -0.407. The number of carbonyl (C=O) groups is 1. The van der Waals surface area contributed by atoms with Crippen molar-refractivity contribution in [1.29, 1.82) is 0 Å². The number of hydrogen-bond donors (Lipinski definition) is 1. The monoisotopic (exact) mass is 191 g/mol. The third kappa shape index (κ3) is 1.42. The van der Waals surface area contributed by atoms with Crippen molar-refractivity contribution in [3.8, 4) is 0 Å². The Bertz CT molecular complexity index is 336. The van der Waals surface area contributed by atoms with Gasteiger partial charge < -0.3 is 0 Å². The van der Waals surface area contributed by atoms with Crippen molar-refractivity contribution >= 4 is 11.6 Å². The SMILES string of the molecule is C=C1c2ccccc2C(=O)N1O.CC. The zero-order valence-electron chi connectivity index (χ0n) is 8.32. The summed E-state index contributed by atoms with van der Waals surface area (Å²) in [4.78, 5) is 11.2. The van der Waals surface area contributed by atoms with E-state index in [0.29, 0.717) is 21.9 Å². The Kier molecular flexibility index (Phi) is 3.04. The van der Waals surface area contributed by atoms with Crippen molar-refractivity contribution in [2.24, 2.45) is 0 Å². The van der Waals surface area contributed by atoms with Gasteiger partial charge in [0.2, 0.25) is 0 Å². The van der Waals surface area contributed by atoms with Crippen molar-refractivity contribution < 1.29 is 10.0 Å². The maximum absolute atomic E-state index is 11.2. The second-order valence-corrected chi connectivity index (χ2v) is 2.61. The average Bonchev–Trinajstić information content (AvgIpc) is 2.48. The molecule has 14 heavy (non-hydrogen) atoms. The number of carbonyl (C=O) groups excluding carboxylic acids is 1. The highest BCUT2D eigenvalue weighted by molar-refractivity contribution is 6.07. The first kappa shape index (κ1) is 10.5. The van der Waals surface area contributed by atoms with E-state index < -0.39 is 5.91 Å². The zero-order valence-corrected chi connectivity index (χ0v) is 8.32. The molecule has 0 aromatic heterocycles. The second-order valence-electron chi connectivity index (χ2n) is 2.61. The second kappa shape index (κ2) is 4.07. The van der Waals surface area contributed by atoms with E-state index in [1.807, 2.05) is 13.8 Å². The molecule has 2 rings (SSSR count). The van der Waals surface area contributed by atoms with E-state index in [-0.39, 0.29) is 0 Å². The lowest BCUT2D eigenvalue weighted by Gasteiger charge is -2.05. The van der Waals surface area contributed by atoms with Gasteiger partial charge in [-0.2, -0.15) is 5.06 Å². The molecule has 1 aromatic carbocycles. The molecule has 0 radical (unpaired) electrons. The van der Waals surface area contributed by atoms with Crippen LogP contribution < -0.4 is 0 Å². The topological polar surface area (TPSA) is 40.5 Å². The van der Waals surface area contributed by atoms with Crippen LogP contribution in [0.2, 0.25) is 0 Å². The fourth-order valence-corrected chi connectivity index (χ4v) is 1.27. The average molecular weight is 191 g/mol. The number of benzene rings is 1. The molecule has 3 heteroatoms. The van der Waals surface area contributed by atoms with Crippen molar-refractivity contribution in [1.82, 2.24) is 5.06 Å². The van der Waals surface area contributed by atoms with Crippen LogP contribution in [-0.4, -0.2) is 16.2 Å². The molecule has 74 valence electrons. The highest BCUT2D eigenvalue weighted by Crippen LogP contribution is 2.28. The number of fused-ring (bicyclic) bond motifs is 1. The minimum Gasteiger partial charge on any atom is -0.281 e. The molecule has 0 saturated carbocycles. The van der Waals surface area contributed by atoms with Gasteiger partial charge >= 0.3 is 0 Å². The van der Waals surface area contributed by atoms with Crippen LogP contribution in [0.25, 0.3) is 5.70 Å². The minimum atomic E-state index is -0.407. The van der Waals surface area contributed by atoms with E-state index in [1.54, 1.807) is 24.3 Å². The standard InChI is InChI=1S/C9H7NO2.C2H6/c1-6-7-4-2-3-5-8(7)9(11)10(6)12;1-2/h2-5,12H,1H2;1-2H3. The van der Waals surface area contributed by atoms with E-state index in [4.69, 9.17) is 0 Å². The lowest BCUT2D eigenvalue weighted by Crippen LogP contribution is -2.17. The van der Waals surface area contributed by atoms with Crippen LogP contribution in [-0.2, 0) is 0 Å². The molecular weight excluding hydrogens is 178 g/mol. The minimum absolute atomic E-state index is 0.343. The molecule has 1 N–H and O–H groups in total. The molecule has 1 aliphatic heterocycles. The largest absolute Gasteiger partial charge is 0.282 e. The first-order valence-corrected chi connectivity index (χ1v) is 4.53. The molecule has 0 unspecified atom stereocenters. The van der Waals surface area contributed by atoms with Crippen LogP contribution in [0.1, 0.15) is 29.8 Å². The molecule has 0 aliphatic carbocycles. The Hall–Kier alpha value is -1.61. The summed E-state index contributed by atoms with van der Waals surface area (Å²) in [6.07, 6.45) is 0. The van der Waals surface area contributed by atoms with Crippen LogP contribution in [0, 0.1) is 0 Å². The number of nitrogens with zero attached hydrogens (tertiary/aromatic N) is 1. The quantitative estimate of drug-likeness (QED) is 0.640. The summed E-state index contributed by atoms with van der Waals surface area (Å²) in [6, 6.07) is 6.98. The third-order valence-electron chi connectivity index (χ3n) is 1.92. The predicted octanol–water partition coefficient (Wildman–Crippen LogP) is 2.53. The molecule has 1 amide bonds. The maximum atomic E-state index is 11.2. The van der Waals surface area contributed by atoms with Gasteiger partial charge in [-0.15, -0.1) is 0 Å². The lowest BCUT2D eigenvalue weighted by atomic mass is 10.1. The maximum Gasteiger partial charge on any atom is 0.282 e. The van der Waals surface area contributed by atoms with E-state index in [1.165, 1.54) is 0 Å². The fraction of sp³-hybridized carbons (Fsp3) is 0.182. The lowest BCUT2D eigenvalue weighted by molar-refractivity contribution is -0.00699. The highest BCUT2D eigenvalue weighted by atomic mass is 16.5. The summed E-state index contributed by atoms with van der Waals surface area (Å²) < 4.78 is 0. The first-order chi connectivity index (χ1) is 6.72. The van der Waals surface area contributed by atoms with Gasteiger partial charge in [-0.3, -0.25) is 10.0 Å². The van der Waals surface area contributed by atoms with Gasteiger partial charge in [0.05, 0.1) is 11.3 Å². The number of amides is 1. The van der Waals surface area contributed by atoms with Gasteiger partial charge in [-0.05, 0) is 6.07 Å². The molecule has 1 heterocycles. The highest BCUT2D eigenvalue weighted by Gasteiger charge is 2.29. The summed E-state index contributed by atoms with van der Waals surface area (Å²) in [5, 5.41) is 9.75. The molecule has 0 atom stereocenters. The fourth-order valence-electron chi connectivity index (χ4n) is 1.27. The molecular formula is C11H13NO2. The number of hydrogen-bond acceptors (Lipinski definition) is 2. The van der Waals surface area contributed by atoms with Crippen LogP contribution in [0.4, 0.5) is 0 Å². The van der Waals surface area contributed by atoms with Gasteiger partial charge in [0.25, 0.3) is 5.91 Å². The zero-order chi connectivity index (χ0) is 10.7. The van der Waals surface area contributed by atoms with Gasteiger partial charge in [-0.1, -0.05) is 38.6 Å². The van der Waals surface area contributed by atoms with Crippen LogP contribution in [0.3, 0.4) is 0 Å². The van der Waals surface area contributed by atoms with Gasteiger partial charge in [0, 0.05) is 5.56 Å². The molecule has 0 spiro atoms. The Morgan fingerprint density at radius 1 is 1.21 bits per heavy atom. The van der Waals surface area contributed by atoms with Gasteiger partial charge in [0.15, 0.2) is 0 Å². The number of hydroxylamine groups is 2. The van der Waals surface area contributed by atoms with Crippen molar-refractivity contribution in [2.75, 3.05) is 0 Å². The molecule has 0 saturated heterocycles. The van der Waals surface area contributed by atoms with Crippen LogP contribution >= 0.6 is 0 Å². The van der Waals surface area contributed by atoms with E-state index in [0.717, 1.165) is 0 Å². The molecule has 1 aromatic rings. The Morgan fingerprint density at radius 3 is 2.21 bits per heavy atom. The molecule has 0 bridgehead atoms. The predicted molar refractivity (Wildman–Crippen MR) is 54.8 cm³/mol. The molecule has 1 aliphatic rings. The third-order valence-corrected chi connectivity index (χ3v) is 1.92. The van der Waals surface area contributed by atoms with E-state index in [9.17, 15) is 10.0 Å². The number of rotatable bonds is 0. The van der Waals surface area contributed by atoms with Crippen LogP contribution in [0.15, 0.2) is 30.8 Å². The Labute approximate surface area is 83.2 Å².